The Morgan fingerprint density at radius 2 is 1.90 bits per heavy atom. The van der Waals surface area contributed by atoms with E-state index in [0.717, 1.165) is 27.6 Å². The Morgan fingerprint density at radius 1 is 1.16 bits per heavy atom. The molecule has 1 aliphatic rings. The summed E-state index contributed by atoms with van der Waals surface area (Å²) in [6.07, 6.45) is 1.90. The molecule has 1 atom stereocenters. The second kappa shape index (κ2) is 9.62. The van der Waals surface area contributed by atoms with Crippen LogP contribution in [0.4, 0.5) is 5.69 Å². The van der Waals surface area contributed by atoms with Crippen LogP contribution in [0.2, 0.25) is 0 Å². The number of anilines is 1. The fourth-order valence-electron chi connectivity index (χ4n) is 3.68. The molecule has 0 saturated carbocycles. The number of carbonyl (C=O) groups excluding carboxylic acids is 2. The van der Waals surface area contributed by atoms with Crippen molar-refractivity contribution >= 4 is 40.6 Å². The van der Waals surface area contributed by atoms with Crippen molar-refractivity contribution in [1.82, 2.24) is 14.9 Å². The Morgan fingerprint density at radius 3 is 2.58 bits per heavy atom. The number of nitrogens with zero attached hydrogens (tertiary/aromatic N) is 3. The monoisotopic (exact) mass is 452 g/mol. The number of likely N-dealkylation sites (tertiary alicyclic amines) is 1. The van der Waals surface area contributed by atoms with Crippen LogP contribution in [0.1, 0.15) is 29.1 Å². The predicted molar refractivity (Wildman–Crippen MR) is 123 cm³/mol. The fourth-order valence-corrected chi connectivity index (χ4v) is 5.24. The quantitative estimate of drug-likeness (QED) is 0.558. The predicted octanol–water partition coefficient (Wildman–Crippen LogP) is 4.48. The molecule has 1 N–H and O–H groups in total. The number of thiophene rings is 1. The summed E-state index contributed by atoms with van der Waals surface area (Å²) in [5, 5.41) is 5.64. The van der Waals surface area contributed by atoms with Crippen molar-refractivity contribution in [2.24, 2.45) is 0 Å². The average Bonchev–Trinajstić information content (AvgIpc) is 3.40. The molecule has 1 aromatic carbocycles. The highest BCUT2D eigenvalue weighted by Crippen LogP contribution is 2.27. The molecule has 0 radical (unpaired) electrons. The van der Waals surface area contributed by atoms with E-state index in [1.54, 1.807) is 16.2 Å². The standard InChI is InChI=1S/C23H24N4O2S2/c1-15-13-16(2)25-23(24-15)31-18-9-7-17(8-10-18)26-22(29)20-6-3-11-27(20)21(28)14-19-5-4-12-30-19/h4-5,7-10,12-13,20H,3,6,11,14H2,1-2H3,(H,26,29). The van der Waals surface area contributed by atoms with Gasteiger partial charge in [-0.25, -0.2) is 9.97 Å². The molecule has 6 nitrogen and oxygen atoms in total. The Balaban J connectivity index is 1.37. The van der Waals surface area contributed by atoms with Gasteiger partial charge >= 0.3 is 0 Å². The van der Waals surface area contributed by atoms with Gasteiger partial charge in [-0.05, 0) is 80.2 Å². The zero-order valence-electron chi connectivity index (χ0n) is 17.5. The molecule has 0 aliphatic carbocycles. The van der Waals surface area contributed by atoms with Crippen molar-refractivity contribution in [3.05, 3.63) is 64.1 Å². The van der Waals surface area contributed by atoms with E-state index in [0.29, 0.717) is 30.2 Å². The number of amides is 2. The molecule has 1 unspecified atom stereocenters. The van der Waals surface area contributed by atoms with Gasteiger partial charge in [0.1, 0.15) is 6.04 Å². The molecule has 1 fully saturated rings. The zero-order valence-corrected chi connectivity index (χ0v) is 19.1. The first-order valence-corrected chi connectivity index (χ1v) is 11.9. The highest BCUT2D eigenvalue weighted by atomic mass is 32.2. The second-order valence-electron chi connectivity index (χ2n) is 7.55. The molecule has 3 heterocycles. The minimum Gasteiger partial charge on any atom is -0.330 e. The summed E-state index contributed by atoms with van der Waals surface area (Å²) in [5.41, 5.74) is 2.59. The second-order valence-corrected chi connectivity index (χ2v) is 9.62. The Hall–Kier alpha value is -2.71. The highest BCUT2D eigenvalue weighted by Gasteiger charge is 2.34. The van der Waals surface area contributed by atoms with Gasteiger partial charge in [0.15, 0.2) is 5.16 Å². The minimum absolute atomic E-state index is 0.0142. The number of carbonyl (C=O) groups is 2. The SMILES string of the molecule is Cc1cc(C)nc(Sc2ccc(NC(=O)C3CCCN3C(=O)Cc3cccs3)cc2)n1. The molecule has 3 aromatic rings. The molecule has 2 amide bonds. The van der Waals surface area contributed by atoms with Gasteiger partial charge in [0.2, 0.25) is 11.8 Å². The molecular formula is C23H24N4O2S2. The lowest BCUT2D eigenvalue weighted by Gasteiger charge is -2.24. The number of benzene rings is 1. The number of aromatic nitrogens is 2. The molecule has 1 saturated heterocycles. The average molecular weight is 453 g/mol. The van der Waals surface area contributed by atoms with Crippen LogP contribution >= 0.6 is 23.1 Å². The zero-order chi connectivity index (χ0) is 21.8. The van der Waals surface area contributed by atoms with Gasteiger partial charge in [0.25, 0.3) is 0 Å². The lowest BCUT2D eigenvalue weighted by molar-refractivity contribution is -0.136. The van der Waals surface area contributed by atoms with Crippen LogP contribution in [0, 0.1) is 13.8 Å². The summed E-state index contributed by atoms with van der Waals surface area (Å²) in [4.78, 5) is 38.2. The van der Waals surface area contributed by atoms with Crippen LogP contribution in [0.15, 0.2) is 57.9 Å². The number of rotatable bonds is 6. The molecule has 4 rings (SSSR count). The van der Waals surface area contributed by atoms with Crippen molar-refractivity contribution in [2.45, 2.75) is 49.2 Å². The summed E-state index contributed by atoms with van der Waals surface area (Å²) < 4.78 is 0. The Kier molecular flexibility index (Phi) is 6.67. The third-order valence-electron chi connectivity index (χ3n) is 5.07. The summed E-state index contributed by atoms with van der Waals surface area (Å²) in [7, 11) is 0. The van der Waals surface area contributed by atoms with Gasteiger partial charge in [-0.3, -0.25) is 9.59 Å². The van der Waals surface area contributed by atoms with Crippen molar-refractivity contribution < 1.29 is 9.59 Å². The van der Waals surface area contributed by atoms with Gasteiger partial charge in [-0.1, -0.05) is 6.07 Å². The van der Waals surface area contributed by atoms with Crippen molar-refractivity contribution in [2.75, 3.05) is 11.9 Å². The molecular weight excluding hydrogens is 428 g/mol. The van der Waals surface area contributed by atoms with Crippen molar-refractivity contribution in [1.29, 1.82) is 0 Å². The maximum atomic E-state index is 12.9. The normalized spacial score (nSPS) is 15.8. The van der Waals surface area contributed by atoms with E-state index in [9.17, 15) is 9.59 Å². The lowest BCUT2D eigenvalue weighted by Crippen LogP contribution is -2.43. The van der Waals surface area contributed by atoms with E-state index < -0.39 is 6.04 Å². The summed E-state index contributed by atoms with van der Waals surface area (Å²) in [6, 6.07) is 13.0. The number of nitrogens with one attached hydrogen (secondary N) is 1. The first-order chi connectivity index (χ1) is 15.0. The third kappa shape index (κ3) is 5.51. The van der Waals surface area contributed by atoms with Crippen LogP contribution in [0.25, 0.3) is 0 Å². The van der Waals surface area contributed by atoms with Crippen LogP contribution in [0.3, 0.4) is 0 Å². The maximum absolute atomic E-state index is 12.9. The van der Waals surface area contributed by atoms with E-state index in [1.165, 1.54) is 11.8 Å². The fraction of sp³-hybridized carbons (Fsp3) is 0.304. The highest BCUT2D eigenvalue weighted by molar-refractivity contribution is 7.99. The van der Waals surface area contributed by atoms with Crippen LogP contribution in [0.5, 0.6) is 0 Å². The summed E-state index contributed by atoms with van der Waals surface area (Å²) >= 11 is 3.05. The van der Waals surface area contributed by atoms with Crippen molar-refractivity contribution in [3.8, 4) is 0 Å². The van der Waals surface area contributed by atoms with Gasteiger partial charge < -0.3 is 10.2 Å². The van der Waals surface area contributed by atoms with Crippen LogP contribution in [-0.4, -0.2) is 39.3 Å². The van der Waals surface area contributed by atoms with Gasteiger partial charge in [0, 0.05) is 33.4 Å². The van der Waals surface area contributed by atoms with Crippen molar-refractivity contribution in [3.63, 3.8) is 0 Å². The lowest BCUT2D eigenvalue weighted by atomic mass is 10.2. The molecule has 8 heteroatoms. The largest absolute Gasteiger partial charge is 0.330 e. The third-order valence-corrected chi connectivity index (χ3v) is 6.82. The van der Waals surface area contributed by atoms with E-state index in [-0.39, 0.29) is 11.8 Å². The number of hydrogen-bond donors (Lipinski definition) is 1. The van der Waals surface area contributed by atoms with E-state index >= 15 is 0 Å². The molecule has 1 aliphatic heterocycles. The molecule has 160 valence electrons. The Bertz CT molecular complexity index is 1050. The molecule has 2 aromatic heterocycles. The first-order valence-electron chi connectivity index (χ1n) is 10.2. The minimum atomic E-state index is -0.412. The molecule has 31 heavy (non-hydrogen) atoms. The first kappa shape index (κ1) is 21.5. The summed E-state index contributed by atoms with van der Waals surface area (Å²) in [6.45, 7) is 4.54. The molecule has 0 spiro atoms. The van der Waals surface area contributed by atoms with Crippen LogP contribution in [-0.2, 0) is 16.0 Å². The van der Waals surface area contributed by atoms with E-state index in [2.05, 4.69) is 15.3 Å². The van der Waals surface area contributed by atoms with E-state index in [4.69, 9.17) is 0 Å². The smallest absolute Gasteiger partial charge is 0.247 e. The van der Waals surface area contributed by atoms with Gasteiger partial charge in [-0.2, -0.15) is 0 Å². The van der Waals surface area contributed by atoms with Crippen LogP contribution < -0.4 is 5.32 Å². The van der Waals surface area contributed by atoms with Gasteiger partial charge in [0.05, 0.1) is 6.42 Å². The Labute approximate surface area is 190 Å². The molecule has 0 bridgehead atoms. The van der Waals surface area contributed by atoms with Gasteiger partial charge in [-0.15, -0.1) is 11.3 Å². The maximum Gasteiger partial charge on any atom is 0.247 e. The number of hydrogen-bond acceptors (Lipinski definition) is 6. The summed E-state index contributed by atoms with van der Waals surface area (Å²) in [5.74, 6) is -0.115. The number of aryl methyl sites for hydroxylation is 2. The topological polar surface area (TPSA) is 75.2 Å². The van der Waals surface area contributed by atoms with E-state index in [1.807, 2.05) is 61.7 Å².